The van der Waals surface area contributed by atoms with Gasteiger partial charge in [0.05, 0.1) is 12.2 Å². The molecule has 1 atom stereocenters. The number of carbonyl (C=O) groups excluding carboxylic acids is 2. The SMILES string of the molecule is CCCCC(=O)NC(=S)Nc1sc2c(c1C(=O)OCC)CCC(C)C2. The Bertz CT molecular complexity index is 655. The first-order chi connectivity index (χ1) is 12.0. The largest absolute Gasteiger partial charge is 0.462 e. The summed E-state index contributed by atoms with van der Waals surface area (Å²) in [5, 5.41) is 6.65. The lowest BCUT2D eigenvalue weighted by molar-refractivity contribution is -0.119. The summed E-state index contributed by atoms with van der Waals surface area (Å²) < 4.78 is 5.23. The zero-order chi connectivity index (χ0) is 18.4. The van der Waals surface area contributed by atoms with E-state index >= 15 is 0 Å². The fourth-order valence-corrected chi connectivity index (χ4v) is 4.60. The van der Waals surface area contributed by atoms with Crippen LogP contribution in [0.1, 0.15) is 67.3 Å². The van der Waals surface area contributed by atoms with Crippen molar-refractivity contribution in [3.63, 3.8) is 0 Å². The molecule has 25 heavy (non-hydrogen) atoms. The molecule has 1 aromatic rings. The Morgan fingerprint density at radius 3 is 2.80 bits per heavy atom. The maximum absolute atomic E-state index is 12.4. The number of carbonyl (C=O) groups is 2. The lowest BCUT2D eigenvalue weighted by Gasteiger charge is -2.18. The molecule has 0 saturated carbocycles. The van der Waals surface area contributed by atoms with E-state index in [1.807, 2.05) is 6.92 Å². The number of unbranched alkanes of at least 4 members (excludes halogenated alkanes) is 1. The van der Waals surface area contributed by atoms with E-state index in [0.717, 1.165) is 37.7 Å². The molecule has 5 nitrogen and oxygen atoms in total. The van der Waals surface area contributed by atoms with Crippen molar-refractivity contribution < 1.29 is 14.3 Å². The molecule has 1 aliphatic carbocycles. The van der Waals surface area contributed by atoms with Crippen molar-refractivity contribution >= 4 is 45.5 Å². The minimum absolute atomic E-state index is 0.105. The van der Waals surface area contributed by atoms with Gasteiger partial charge in [0, 0.05) is 11.3 Å². The summed E-state index contributed by atoms with van der Waals surface area (Å²) in [6, 6.07) is 0. The van der Waals surface area contributed by atoms with Crippen LogP contribution in [0.4, 0.5) is 5.00 Å². The van der Waals surface area contributed by atoms with Crippen molar-refractivity contribution in [3.8, 4) is 0 Å². The topological polar surface area (TPSA) is 67.4 Å². The average Bonchev–Trinajstić information content (AvgIpc) is 2.89. The first kappa shape index (κ1) is 19.8. The van der Waals surface area contributed by atoms with Crippen LogP contribution in [-0.4, -0.2) is 23.6 Å². The number of rotatable bonds is 6. The second-order valence-corrected chi connectivity index (χ2v) is 7.90. The van der Waals surface area contributed by atoms with Crippen LogP contribution < -0.4 is 10.6 Å². The van der Waals surface area contributed by atoms with Gasteiger partial charge in [-0.3, -0.25) is 4.79 Å². The molecule has 0 fully saturated rings. The molecule has 0 spiro atoms. The van der Waals surface area contributed by atoms with Gasteiger partial charge in [0.25, 0.3) is 0 Å². The molecule has 0 aliphatic heterocycles. The van der Waals surface area contributed by atoms with Crippen LogP contribution in [0.2, 0.25) is 0 Å². The van der Waals surface area contributed by atoms with Gasteiger partial charge in [0.15, 0.2) is 5.11 Å². The molecule has 1 heterocycles. The number of amides is 1. The molecule has 0 radical (unpaired) electrons. The molecule has 1 aliphatic rings. The second kappa shape index (κ2) is 9.29. The van der Waals surface area contributed by atoms with E-state index in [1.54, 1.807) is 18.3 Å². The smallest absolute Gasteiger partial charge is 0.341 e. The Labute approximate surface area is 158 Å². The van der Waals surface area contributed by atoms with E-state index in [-0.39, 0.29) is 17.0 Å². The van der Waals surface area contributed by atoms with Crippen molar-refractivity contribution in [2.45, 2.75) is 59.3 Å². The first-order valence-electron chi connectivity index (χ1n) is 8.88. The Kier molecular flexibility index (Phi) is 7.38. The van der Waals surface area contributed by atoms with E-state index < -0.39 is 0 Å². The zero-order valence-corrected chi connectivity index (χ0v) is 16.7. The minimum atomic E-state index is -0.322. The van der Waals surface area contributed by atoms with E-state index in [0.29, 0.717) is 29.5 Å². The van der Waals surface area contributed by atoms with Crippen LogP contribution in [0.15, 0.2) is 0 Å². The van der Waals surface area contributed by atoms with E-state index in [9.17, 15) is 9.59 Å². The number of thiocarbonyl (C=S) groups is 1. The number of ether oxygens (including phenoxy) is 1. The maximum Gasteiger partial charge on any atom is 0.341 e. The third-order valence-electron chi connectivity index (χ3n) is 4.23. The van der Waals surface area contributed by atoms with Crippen LogP contribution in [0.3, 0.4) is 0 Å². The van der Waals surface area contributed by atoms with Gasteiger partial charge < -0.3 is 15.4 Å². The van der Waals surface area contributed by atoms with Gasteiger partial charge in [-0.1, -0.05) is 20.3 Å². The average molecular weight is 383 g/mol. The van der Waals surface area contributed by atoms with Gasteiger partial charge in [0.1, 0.15) is 5.00 Å². The maximum atomic E-state index is 12.4. The number of hydrogen-bond acceptors (Lipinski definition) is 5. The third-order valence-corrected chi connectivity index (χ3v) is 5.60. The highest BCUT2D eigenvalue weighted by atomic mass is 32.1. The number of fused-ring (bicyclic) bond motifs is 1. The van der Waals surface area contributed by atoms with Gasteiger partial charge in [0.2, 0.25) is 5.91 Å². The molecule has 1 aromatic heterocycles. The number of hydrogen-bond donors (Lipinski definition) is 2. The van der Waals surface area contributed by atoms with Crippen LogP contribution in [-0.2, 0) is 22.4 Å². The summed E-state index contributed by atoms with van der Waals surface area (Å²) in [5.41, 5.74) is 1.66. The summed E-state index contributed by atoms with van der Waals surface area (Å²) >= 11 is 6.79. The lowest BCUT2D eigenvalue weighted by Crippen LogP contribution is -2.34. The van der Waals surface area contributed by atoms with Gasteiger partial charge in [-0.25, -0.2) is 4.79 Å². The first-order valence-corrected chi connectivity index (χ1v) is 10.1. The fourth-order valence-electron chi connectivity index (χ4n) is 2.92. The van der Waals surface area contributed by atoms with Gasteiger partial charge in [-0.05, 0) is 56.3 Å². The van der Waals surface area contributed by atoms with Crippen LogP contribution in [0.25, 0.3) is 0 Å². The zero-order valence-electron chi connectivity index (χ0n) is 15.1. The van der Waals surface area contributed by atoms with Crippen molar-refractivity contribution in [1.82, 2.24) is 5.32 Å². The molecular formula is C18H26N2O3S2. The fraction of sp³-hybridized carbons (Fsp3) is 0.611. The molecule has 2 N–H and O–H groups in total. The molecule has 7 heteroatoms. The van der Waals surface area contributed by atoms with Crippen molar-refractivity contribution in [2.24, 2.45) is 5.92 Å². The van der Waals surface area contributed by atoms with Crippen LogP contribution >= 0.6 is 23.6 Å². The standard InChI is InChI=1S/C18H26N2O3S2/c1-4-6-7-14(21)19-18(24)20-16-15(17(22)23-5-2)12-9-8-11(3)10-13(12)25-16/h11H,4-10H2,1-3H3,(H2,19,20,21,24). The van der Waals surface area contributed by atoms with E-state index in [1.165, 1.54) is 4.88 Å². The Morgan fingerprint density at radius 1 is 1.36 bits per heavy atom. The summed E-state index contributed by atoms with van der Waals surface area (Å²) in [6.45, 7) is 6.38. The van der Waals surface area contributed by atoms with Gasteiger partial charge in [-0.2, -0.15) is 0 Å². The summed E-state index contributed by atoms with van der Waals surface area (Å²) in [7, 11) is 0. The molecule has 2 rings (SSSR count). The quantitative estimate of drug-likeness (QED) is 0.574. The number of thiophene rings is 1. The highest BCUT2D eigenvalue weighted by Gasteiger charge is 2.28. The van der Waals surface area contributed by atoms with Crippen LogP contribution in [0, 0.1) is 5.92 Å². The predicted molar refractivity (Wildman–Crippen MR) is 105 cm³/mol. The third kappa shape index (κ3) is 5.25. The molecule has 0 bridgehead atoms. The predicted octanol–water partition coefficient (Wildman–Crippen LogP) is 4.05. The number of anilines is 1. The Balaban J connectivity index is 2.17. The Morgan fingerprint density at radius 2 is 2.12 bits per heavy atom. The van der Waals surface area contributed by atoms with Gasteiger partial charge in [-0.15, -0.1) is 11.3 Å². The molecule has 1 unspecified atom stereocenters. The highest BCUT2D eigenvalue weighted by molar-refractivity contribution is 7.80. The number of nitrogens with one attached hydrogen (secondary N) is 2. The second-order valence-electron chi connectivity index (χ2n) is 6.38. The molecule has 138 valence electrons. The summed E-state index contributed by atoms with van der Waals surface area (Å²) in [4.78, 5) is 25.5. The minimum Gasteiger partial charge on any atom is -0.462 e. The van der Waals surface area contributed by atoms with E-state index in [4.69, 9.17) is 17.0 Å². The normalized spacial score (nSPS) is 16.0. The van der Waals surface area contributed by atoms with Crippen molar-refractivity contribution in [1.29, 1.82) is 0 Å². The Hall–Kier alpha value is -1.47. The van der Waals surface area contributed by atoms with Crippen molar-refractivity contribution in [2.75, 3.05) is 11.9 Å². The molecule has 0 aromatic carbocycles. The highest BCUT2D eigenvalue weighted by Crippen LogP contribution is 2.40. The summed E-state index contributed by atoms with van der Waals surface area (Å²) in [6.07, 6.45) is 5.13. The van der Waals surface area contributed by atoms with Crippen LogP contribution in [0.5, 0.6) is 0 Å². The molecular weight excluding hydrogens is 356 g/mol. The van der Waals surface area contributed by atoms with Gasteiger partial charge >= 0.3 is 5.97 Å². The van der Waals surface area contributed by atoms with Crippen molar-refractivity contribution in [3.05, 3.63) is 16.0 Å². The number of esters is 1. The molecule has 0 saturated heterocycles. The molecule has 1 amide bonds. The summed E-state index contributed by atoms with van der Waals surface area (Å²) in [5.74, 6) is 0.180. The monoisotopic (exact) mass is 382 g/mol. The lowest BCUT2D eigenvalue weighted by atomic mass is 9.88. The van der Waals surface area contributed by atoms with E-state index in [2.05, 4.69) is 17.6 Å².